The van der Waals surface area contributed by atoms with Crippen LogP contribution in [0.4, 0.5) is 18.9 Å². The molecule has 1 saturated heterocycles. The predicted molar refractivity (Wildman–Crippen MR) is 60.6 cm³/mol. The Morgan fingerprint density at radius 1 is 1.28 bits per heavy atom. The molecular formula is C12H13F3N2O. The minimum atomic E-state index is -1.32. The highest BCUT2D eigenvalue weighted by Gasteiger charge is 2.22. The number of hydrogen-bond acceptors (Lipinski definition) is 2. The molecule has 18 heavy (non-hydrogen) atoms. The lowest BCUT2D eigenvalue weighted by molar-refractivity contribution is -0.118. The molecule has 0 saturated carbocycles. The Labute approximate surface area is 102 Å². The number of carbonyl (C=O) groups excluding carboxylic acids is 1. The summed E-state index contributed by atoms with van der Waals surface area (Å²) in [7, 11) is 0. The number of benzene rings is 1. The van der Waals surface area contributed by atoms with Gasteiger partial charge in [0.25, 0.3) is 0 Å². The van der Waals surface area contributed by atoms with Crippen LogP contribution in [0.5, 0.6) is 0 Å². The Morgan fingerprint density at radius 3 is 2.72 bits per heavy atom. The van der Waals surface area contributed by atoms with E-state index in [4.69, 9.17) is 0 Å². The van der Waals surface area contributed by atoms with Crippen molar-refractivity contribution in [3.8, 4) is 0 Å². The normalized spacial score (nSPS) is 19.6. The Hall–Kier alpha value is -1.56. The van der Waals surface area contributed by atoms with Gasteiger partial charge in [0.2, 0.25) is 5.91 Å². The molecule has 0 radical (unpaired) electrons. The van der Waals surface area contributed by atoms with Crippen LogP contribution in [0.3, 0.4) is 0 Å². The molecule has 98 valence electrons. The van der Waals surface area contributed by atoms with Crippen LogP contribution >= 0.6 is 0 Å². The Kier molecular flexibility index (Phi) is 3.86. The number of anilines is 1. The predicted octanol–water partition coefficient (Wildman–Crippen LogP) is 2.18. The summed E-state index contributed by atoms with van der Waals surface area (Å²) in [5.41, 5.74) is -0.468. The highest BCUT2D eigenvalue weighted by Crippen LogP contribution is 2.20. The minimum absolute atomic E-state index is 0.434. The third-order valence-electron chi connectivity index (χ3n) is 2.88. The maximum absolute atomic E-state index is 13.3. The molecule has 1 heterocycles. The maximum atomic E-state index is 13.3. The van der Waals surface area contributed by atoms with E-state index in [1.165, 1.54) is 0 Å². The molecule has 2 rings (SSSR count). The minimum Gasteiger partial charge on any atom is -0.322 e. The molecule has 6 heteroatoms. The lowest BCUT2D eigenvalue weighted by Gasteiger charge is -2.22. The molecular weight excluding hydrogens is 245 g/mol. The van der Waals surface area contributed by atoms with Crippen molar-refractivity contribution in [2.75, 3.05) is 11.9 Å². The quantitative estimate of drug-likeness (QED) is 0.798. The van der Waals surface area contributed by atoms with Crippen LogP contribution in [0.15, 0.2) is 12.1 Å². The first-order chi connectivity index (χ1) is 8.58. The second-order valence-corrected chi connectivity index (χ2v) is 4.24. The number of amides is 1. The first-order valence-corrected chi connectivity index (χ1v) is 5.76. The van der Waals surface area contributed by atoms with Gasteiger partial charge in [-0.05, 0) is 19.4 Å². The van der Waals surface area contributed by atoms with Crippen LogP contribution in [-0.2, 0) is 4.79 Å². The van der Waals surface area contributed by atoms with Crippen molar-refractivity contribution in [3.05, 3.63) is 29.6 Å². The molecule has 1 aromatic carbocycles. The highest BCUT2D eigenvalue weighted by molar-refractivity contribution is 5.95. The first kappa shape index (κ1) is 12.9. The van der Waals surface area contributed by atoms with Gasteiger partial charge >= 0.3 is 0 Å². The molecule has 1 aromatic rings. The van der Waals surface area contributed by atoms with E-state index < -0.39 is 35.1 Å². The van der Waals surface area contributed by atoms with Gasteiger partial charge in [-0.3, -0.25) is 4.79 Å². The fourth-order valence-electron chi connectivity index (χ4n) is 1.94. The number of halogens is 3. The fourth-order valence-corrected chi connectivity index (χ4v) is 1.94. The third-order valence-corrected chi connectivity index (χ3v) is 2.88. The maximum Gasteiger partial charge on any atom is 0.241 e. The lowest BCUT2D eigenvalue weighted by atomic mass is 10.0. The van der Waals surface area contributed by atoms with Gasteiger partial charge in [-0.15, -0.1) is 0 Å². The van der Waals surface area contributed by atoms with Crippen molar-refractivity contribution < 1.29 is 18.0 Å². The summed E-state index contributed by atoms with van der Waals surface area (Å²) >= 11 is 0. The zero-order valence-corrected chi connectivity index (χ0v) is 9.60. The summed E-state index contributed by atoms with van der Waals surface area (Å²) in [5.74, 6) is -3.97. The number of carbonyl (C=O) groups is 1. The molecule has 0 aliphatic carbocycles. The Morgan fingerprint density at radius 2 is 2.06 bits per heavy atom. The molecule has 1 aliphatic heterocycles. The van der Waals surface area contributed by atoms with E-state index in [-0.39, 0.29) is 0 Å². The van der Waals surface area contributed by atoms with E-state index in [2.05, 4.69) is 10.6 Å². The van der Waals surface area contributed by atoms with Gasteiger partial charge < -0.3 is 10.6 Å². The number of nitrogens with one attached hydrogen (secondary N) is 2. The Balaban J connectivity index is 2.11. The summed E-state index contributed by atoms with van der Waals surface area (Å²) < 4.78 is 39.2. The van der Waals surface area contributed by atoms with Crippen molar-refractivity contribution in [2.45, 2.75) is 25.3 Å². The van der Waals surface area contributed by atoms with Crippen molar-refractivity contribution in [3.63, 3.8) is 0 Å². The van der Waals surface area contributed by atoms with Gasteiger partial charge in [-0.1, -0.05) is 6.42 Å². The van der Waals surface area contributed by atoms with Gasteiger partial charge in [-0.25, -0.2) is 13.2 Å². The average Bonchev–Trinajstić information content (AvgIpc) is 2.36. The lowest BCUT2D eigenvalue weighted by Crippen LogP contribution is -2.43. The fraction of sp³-hybridized carbons (Fsp3) is 0.417. The molecule has 3 nitrogen and oxygen atoms in total. The molecule has 1 fully saturated rings. The van der Waals surface area contributed by atoms with Crippen LogP contribution in [0.25, 0.3) is 0 Å². The monoisotopic (exact) mass is 258 g/mol. The Bertz CT molecular complexity index is 459. The zero-order valence-electron chi connectivity index (χ0n) is 9.60. The SMILES string of the molecule is O=C(Nc1cc(F)cc(F)c1F)[C@@H]1CCCCN1. The summed E-state index contributed by atoms with van der Waals surface area (Å²) in [6.07, 6.45) is 2.50. The van der Waals surface area contributed by atoms with Gasteiger partial charge in [0.15, 0.2) is 11.6 Å². The molecule has 0 unspecified atom stereocenters. The number of rotatable bonds is 2. The summed E-state index contributed by atoms with van der Waals surface area (Å²) in [6.45, 7) is 0.706. The number of piperidine rings is 1. The summed E-state index contributed by atoms with van der Waals surface area (Å²) in [5, 5.41) is 5.17. The van der Waals surface area contributed by atoms with Crippen LogP contribution in [0, 0.1) is 17.5 Å². The van der Waals surface area contributed by atoms with Gasteiger partial charge in [0, 0.05) is 12.1 Å². The van der Waals surface area contributed by atoms with Crippen molar-refractivity contribution in [1.29, 1.82) is 0 Å². The van der Waals surface area contributed by atoms with Gasteiger partial charge in [-0.2, -0.15) is 0 Å². The molecule has 0 bridgehead atoms. The smallest absolute Gasteiger partial charge is 0.241 e. The van der Waals surface area contributed by atoms with Gasteiger partial charge in [0.1, 0.15) is 5.82 Å². The second-order valence-electron chi connectivity index (χ2n) is 4.24. The topological polar surface area (TPSA) is 41.1 Å². The van der Waals surface area contributed by atoms with E-state index in [1.807, 2.05) is 0 Å². The van der Waals surface area contributed by atoms with Crippen LogP contribution in [0.1, 0.15) is 19.3 Å². The highest BCUT2D eigenvalue weighted by atomic mass is 19.2. The van der Waals surface area contributed by atoms with Crippen molar-refractivity contribution in [2.24, 2.45) is 0 Å². The molecule has 0 aromatic heterocycles. The van der Waals surface area contributed by atoms with Crippen molar-refractivity contribution in [1.82, 2.24) is 5.32 Å². The molecule has 1 aliphatic rings. The average molecular weight is 258 g/mol. The van der Waals surface area contributed by atoms with E-state index >= 15 is 0 Å². The molecule has 0 spiro atoms. The largest absolute Gasteiger partial charge is 0.322 e. The molecule has 1 amide bonds. The van der Waals surface area contributed by atoms with Crippen LogP contribution in [-0.4, -0.2) is 18.5 Å². The van der Waals surface area contributed by atoms with E-state index in [9.17, 15) is 18.0 Å². The third kappa shape index (κ3) is 2.81. The second kappa shape index (κ2) is 5.39. The van der Waals surface area contributed by atoms with E-state index in [0.717, 1.165) is 18.9 Å². The summed E-state index contributed by atoms with van der Waals surface area (Å²) in [6, 6.07) is 0.757. The standard InChI is InChI=1S/C12H13F3N2O/c13-7-5-8(14)11(15)10(6-7)17-12(18)9-3-1-2-4-16-9/h5-6,9,16H,1-4H2,(H,17,18)/t9-/m0/s1. The zero-order chi connectivity index (χ0) is 13.1. The first-order valence-electron chi connectivity index (χ1n) is 5.76. The number of hydrogen-bond donors (Lipinski definition) is 2. The molecule has 2 N–H and O–H groups in total. The van der Waals surface area contributed by atoms with E-state index in [1.54, 1.807) is 0 Å². The molecule has 1 atom stereocenters. The van der Waals surface area contributed by atoms with E-state index in [0.29, 0.717) is 19.0 Å². The van der Waals surface area contributed by atoms with Crippen molar-refractivity contribution >= 4 is 11.6 Å². The summed E-state index contributed by atoms with van der Waals surface area (Å²) in [4.78, 5) is 11.8. The van der Waals surface area contributed by atoms with Crippen LogP contribution in [0.2, 0.25) is 0 Å². The van der Waals surface area contributed by atoms with Gasteiger partial charge in [0.05, 0.1) is 11.7 Å². The van der Waals surface area contributed by atoms with Crippen LogP contribution < -0.4 is 10.6 Å².